The topological polar surface area (TPSA) is 24.1 Å². The van der Waals surface area contributed by atoms with E-state index in [0.717, 1.165) is 0 Å². The Morgan fingerprint density at radius 3 is 3.06 bits per heavy atom. The molecule has 1 aliphatic heterocycles. The maximum atomic E-state index is 3.63. The van der Waals surface area contributed by atoms with E-state index in [2.05, 4.69) is 65.3 Å². The van der Waals surface area contributed by atoms with Crippen molar-refractivity contribution in [2.24, 2.45) is 0 Å². The highest BCUT2D eigenvalue weighted by atomic mass is 127. The molecule has 0 saturated carbocycles. The summed E-state index contributed by atoms with van der Waals surface area (Å²) in [7, 11) is 0. The third-order valence-electron chi connectivity index (χ3n) is 3.40. The predicted octanol–water partition coefficient (Wildman–Crippen LogP) is 3.54. The van der Waals surface area contributed by atoms with Crippen LogP contribution in [0.3, 0.4) is 0 Å². The number of hydrogen-bond acceptors (Lipinski definition) is 2. The second kappa shape index (κ2) is 6.05. The summed E-state index contributed by atoms with van der Waals surface area (Å²) < 4.78 is 1.29. The molecule has 1 fully saturated rings. The van der Waals surface area contributed by atoms with E-state index in [9.17, 15) is 0 Å². The number of halogens is 1. The van der Waals surface area contributed by atoms with Crippen LogP contribution < -0.4 is 10.6 Å². The number of benzene rings is 1. The van der Waals surface area contributed by atoms with Crippen molar-refractivity contribution in [3.63, 3.8) is 0 Å². The molecule has 0 spiro atoms. The summed E-state index contributed by atoms with van der Waals surface area (Å²) in [6.07, 6.45) is 3.88. The molecule has 2 unspecified atom stereocenters. The Hall–Kier alpha value is -0.290. The van der Waals surface area contributed by atoms with Gasteiger partial charge in [-0.1, -0.05) is 6.07 Å². The summed E-state index contributed by atoms with van der Waals surface area (Å²) >= 11 is 2.37. The third-order valence-corrected chi connectivity index (χ3v) is 4.07. The highest BCUT2D eigenvalue weighted by molar-refractivity contribution is 14.1. The van der Waals surface area contributed by atoms with Gasteiger partial charge in [-0.2, -0.15) is 0 Å². The van der Waals surface area contributed by atoms with E-state index in [1.807, 2.05) is 0 Å². The van der Waals surface area contributed by atoms with Crippen molar-refractivity contribution in [2.75, 3.05) is 11.9 Å². The number of nitrogens with one attached hydrogen (secondary N) is 2. The fourth-order valence-electron chi connectivity index (χ4n) is 2.46. The molecule has 2 atom stereocenters. The maximum Gasteiger partial charge on any atom is 0.0382 e. The molecule has 0 aliphatic carbocycles. The largest absolute Gasteiger partial charge is 0.382 e. The number of anilines is 1. The molecule has 1 heterocycles. The monoisotopic (exact) mass is 344 g/mol. The summed E-state index contributed by atoms with van der Waals surface area (Å²) in [4.78, 5) is 0. The molecular formula is C14H21IN2. The van der Waals surface area contributed by atoms with E-state index in [1.165, 1.54) is 40.6 Å². The molecule has 3 heteroatoms. The van der Waals surface area contributed by atoms with Crippen molar-refractivity contribution in [1.29, 1.82) is 0 Å². The van der Waals surface area contributed by atoms with Crippen LogP contribution in [0.5, 0.6) is 0 Å². The SMILES string of the molecule is Cc1ccc(I)cc1NC(C)CC1CCCN1. The van der Waals surface area contributed by atoms with Gasteiger partial charge in [0.1, 0.15) is 0 Å². The van der Waals surface area contributed by atoms with E-state index < -0.39 is 0 Å². The Kier molecular flexibility index (Phi) is 4.68. The first kappa shape index (κ1) is 13.1. The van der Waals surface area contributed by atoms with Crippen LogP contribution in [0.25, 0.3) is 0 Å². The minimum absolute atomic E-state index is 0.530. The van der Waals surface area contributed by atoms with Crippen molar-refractivity contribution in [1.82, 2.24) is 5.32 Å². The predicted molar refractivity (Wildman–Crippen MR) is 82.6 cm³/mol. The second-order valence-electron chi connectivity index (χ2n) is 5.03. The molecule has 1 aromatic rings. The summed E-state index contributed by atoms with van der Waals surface area (Å²) in [5.74, 6) is 0. The lowest BCUT2D eigenvalue weighted by Crippen LogP contribution is -2.29. The average Bonchev–Trinajstić information content (AvgIpc) is 2.76. The standard InChI is InChI=1S/C14H21IN2/c1-10-5-6-12(15)9-14(10)17-11(2)8-13-4-3-7-16-13/h5-6,9,11,13,16-17H,3-4,7-8H2,1-2H3. The molecule has 0 radical (unpaired) electrons. The van der Waals surface area contributed by atoms with Gasteiger partial charge in [-0.15, -0.1) is 0 Å². The maximum absolute atomic E-state index is 3.63. The lowest BCUT2D eigenvalue weighted by molar-refractivity contribution is 0.523. The summed E-state index contributed by atoms with van der Waals surface area (Å²) in [6, 6.07) is 7.81. The average molecular weight is 344 g/mol. The fraction of sp³-hybridized carbons (Fsp3) is 0.571. The zero-order valence-electron chi connectivity index (χ0n) is 10.6. The van der Waals surface area contributed by atoms with Gasteiger partial charge in [-0.25, -0.2) is 0 Å². The van der Waals surface area contributed by atoms with E-state index in [1.54, 1.807) is 0 Å². The molecule has 1 aliphatic rings. The van der Waals surface area contributed by atoms with Crippen molar-refractivity contribution < 1.29 is 0 Å². The van der Waals surface area contributed by atoms with Gasteiger partial charge in [-0.05, 0) is 79.9 Å². The molecule has 94 valence electrons. The minimum Gasteiger partial charge on any atom is -0.382 e. The molecule has 1 aromatic carbocycles. The first-order valence-corrected chi connectivity index (χ1v) is 7.49. The van der Waals surface area contributed by atoms with Crippen molar-refractivity contribution in [2.45, 2.75) is 45.2 Å². The Labute approximate surface area is 118 Å². The number of hydrogen-bond donors (Lipinski definition) is 2. The van der Waals surface area contributed by atoms with Crippen LogP contribution in [0.4, 0.5) is 5.69 Å². The Morgan fingerprint density at radius 2 is 2.35 bits per heavy atom. The van der Waals surface area contributed by atoms with Crippen LogP contribution in [0.15, 0.2) is 18.2 Å². The molecule has 17 heavy (non-hydrogen) atoms. The molecule has 0 amide bonds. The minimum atomic E-state index is 0.530. The smallest absolute Gasteiger partial charge is 0.0382 e. The van der Waals surface area contributed by atoms with Crippen LogP contribution in [-0.4, -0.2) is 18.6 Å². The molecular weight excluding hydrogens is 323 g/mol. The normalized spacial score (nSPS) is 21.5. The highest BCUT2D eigenvalue weighted by Crippen LogP contribution is 2.20. The number of rotatable bonds is 4. The van der Waals surface area contributed by atoms with Crippen LogP contribution in [-0.2, 0) is 0 Å². The lowest BCUT2D eigenvalue weighted by Gasteiger charge is -2.20. The van der Waals surface area contributed by atoms with Gasteiger partial charge in [0.2, 0.25) is 0 Å². The lowest BCUT2D eigenvalue weighted by atomic mass is 10.1. The Bertz CT molecular complexity index is 372. The van der Waals surface area contributed by atoms with Gasteiger partial charge >= 0.3 is 0 Å². The van der Waals surface area contributed by atoms with Crippen molar-refractivity contribution in [3.8, 4) is 0 Å². The Balaban J connectivity index is 1.92. The second-order valence-corrected chi connectivity index (χ2v) is 6.28. The Morgan fingerprint density at radius 1 is 1.53 bits per heavy atom. The first-order valence-electron chi connectivity index (χ1n) is 6.41. The zero-order chi connectivity index (χ0) is 12.3. The van der Waals surface area contributed by atoms with E-state index in [4.69, 9.17) is 0 Å². The van der Waals surface area contributed by atoms with Gasteiger partial charge < -0.3 is 10.6 Å². The van der Waals surface area contributed by atoms with Gasteiger partial charge in [0.25, 0.3) is 0 Å². The van der Waals surface area contributed by atoms with Crippen molar-refractivity contribution in [3.05, 3.63) is 27.3 Å². The van der Waals surface area contributed by atoms with Gasteiger partial charge in [-0.3, -0.25) is 0 Å². The molecule has 2 rings (SSSR count). The molecule has 0 aromatic heterocycles. The van der Waals surface area contributed by atoms with Crippen LogP contribution in [0.1, 0.15) is 31.7 Å². The quantitative estimate of drug-likeness (QED) is 0.817. The summed E-state index contributed by atoms with van der Waals surface area (Å²) in [6.45, 7) is 5.64. The van der Waals surface area contributed by atoms with E-state index in [-0.39, 0.29) is 0 Å². The molecule has 2 nitrogen and oxygen atoms in total. The van der Waals surface area contributed by atoms with Crippen LogP contribution in [0, 0.1) is 10.5 Å². The zero-order valence-corrected chi connectivity index (χ0v) is 12.8. The van der Waals surface area contributed by atoms with Gasteiger partial charge in [0.15, 0.2) is 0 Å². The van der Waals surface area contributed by atoms with Gasteiger partial charge in [0, 0.05) is 21.3 Å². The number of aryl methyl sites for hydroxylation is 1. The van der Waals surface area contributed by atoms with E-state index >= 15 is 0 Å². The summed E-state index contributed by atoms with van der Waals surface area (Å²) in [5, 5.41) is 7.19. The van der Waals surface area contributed by atoms with Crippen LogP contribution in [0.2, 0.25) is 0 Å². The first-order chi connectivity index (χ1) is 8.15. The molecule has 0 bridgehead atoms. The van der Waals surface area contributed by atoms with E-state index in [0.29, 0.717) is 12.1 Å². The molecule has 2 N–H and O–H groups in total. The third kappa shape index (κ3) is 3.85. The summed E-state index contributed by atoms with van der Waals surface area (Å²) in [5.41, 5.74) is 2.61. The van der Waals surface area contributed by atoms with Crippen LogP contribution >= 0.6 is 22.6 Å². The fourth-order valence-corrected chi connectivity index (χ4v) is 2.95. The molecule has 1 saturated heterocycles. The highest BCUT2D eigenvalue weighted by Gasteiger charge is 2.17. The van der Waals surface area contributed by atoms with Crippen molar-refractivity contribution >= 4 is 28.3 Å². The van der Waals surface area contributed by atoms with Gasteiger partial charge in [0.05, 0.1) is 0 Å².